The second-order valence-electron chi connectivity index (χ2n) is 50.8. The summed E-state index contributed by atoms with van der Waals surface area (Å²) in [6, 6.07) is 48.0. The molecule has 6 aliphatic rings. The van der Waals surface area contributed by atoms with Crippen LogP contribution in [-0.4, -0.2) is 48.4 Å². The Bertz CT molecular complexity index is 6170. The van der Waals surface area contributed by atoms with Crippen molar-refractivity contribution >= 4 is 145 Å². The van der Waals surface area contributed by atoms with Crippen LogP contribution in [0.1, 0.15) is 400 Å². The molecule has 140 heavy (non-hydrogen) atoms. The normalized spacial score (nSPS) is 15.9. The van der Waals surface area contributed by atoms with Crippen molar-refractivity contribution in [3.63, 3.8) is 0 Å². The van der Waals surface area contributed by atoms with E-state index in [4.69, 9.17) is 0 Å². The molecular formula is C134H170Si6. The van der Waals surface area contributed by atoms with Crippen LogP contribution in [0.2, 0.25) is 99.7 Å². The molecule has 12 aromatic carbocycles. The predicted molar refractivity (Wildman–Crippen MR) is 636 cm³/mol. The van der Waals surface area contributed by atoms with Crippen LogP contribution in [0.25, 0.3) is 97.0 Å². The first-order valence-electron chi connectivity index (χ1n) is 56.0. The van der Waals surface area contributed by atoms with E-state index in [1.54, 1.807) is 0 Å². The van der Waals surface area contributed by atoms with E-state index in [1.165, 1.54) is 236 Å². The highest BCUT2D eigenvalue weighted by Crippen LogP contribution is 2.60. The Balaban J connectivity index is 1.05. The molecule has 0 amide bonds. The van der Waals surface area contributed by atoms with Crippen molar-refractivity contribution in [3.05, 3.63) is 209 Å². The fourth-order valence-electron chi connectivity index (χ4n) is 31.8. The zero-order valence-electron chi connectivity index (χ0n) is 93.4. The molecule has 18 rings (SSSR count). The molecule has 0 heterocycles. The first-order valence-corrected chi connectivity index (χ1v) is 69.4. The second-order valence-corrected chi connectivity index (χ2v) is 84.3. The molecule has 12 aromatic rings. The van der Waals surface area contributed by atoms with Gasteiger partial charge in [-0.25, -0.2) is 0 Å². The Morgan fingerprint density at radius 2 is 0.264 bits per heavy atom. The molecule has 6 heteroatoms. The Morgan fingerprint density at radius 1 is 0.157 bits per heavy atom. The van der Waals surface area contributed by atoms with Gasteiger partial charge in [0.05, 0.1) is 0 Å². The summed E-state index contributed by atoms with van der Waals surface area (Å²) in [4.78, 5) is 0. The smallest absolute Gasteiger partial charge is 0.125 e. The standard InChI is InChI=1S/C134H170Si6/c1-79(2)135(80(3)4,81(5)6)55-49-109-115-61-97-43-37-38-44-98(97)62-116(115)110(50-56-136(82(7)8,83(9)10)84(11)12)122-68-104-74-128-127(73-103(104)67-121(109)122)133-129-75-105-69-123-111(51-57-137(85(13)14,86(15)16)87(17)18)117-63-99-45-39-41-47-101(99)65-119(117)113(53-59-139(91(25)26,92(27)28)93(29)30)125(123)71-107(105)77-131(129)134(128)132-78-108-72-126-114(54-60-140(94(31)32,95(33)34)96(35)36)120-66-102-48-42-40-46-100(102)64-118(120)112(124(126)70-106(108)76-130(132)133)52-58-138(88(19)20,89(21)22)90(23)24/h61-96,133-134H,37-48H2,1-36H3. The zero-order chi connectivity index (χ0) is 101. The summed E-state index contributed by atoms with van der Waals surface area (Å²) in [5.74, 6) is 25.8. The van der Waals surface area contributed by atoms with Gasteiger partial charge in [0.15, 0.2) is 0 Å². The molecule has 0 aliphatic heterocycles. The second kappa shape index (κ2) is 38.9. The van der Waals surface area contributed by atoms with Crippen molar-refractivity contribution in [2.45, 2.75) is 438 Å². The van der Waals surface area contributed by atoms with Gasteiger partial charge in [-0.1, -0.05) is 285 Å². The van der Waals surface area contributed by atoms with E-state index < -0.39 is 48.4 Å². The van der Waals surface area contributed by atoms with Crippen LogP contribution in [0.3, 0.4) is 0 Å². The van der Waals surface area contributed by atoms with E-state index in [0.29, 0.717) is 99.7 Å². The summed E-state index contributed by atoms with van der Waals surface area (Å²) in [5.41, 5.74) is 60.0. The van der Waals surface area contributed by atoms with Crippen molar-refractivity contribution in [2.24, 2.45) is 0 Å². The van der Waals surface area contributed by atoms with Crippen LogP contribution in [0, 0.1) is 68.8 Å². The van der Waals surface area contributed by atoms with Crippen LogP contribution in [0.15, 0.2) is 109 Å². The molecule has 0 unspecified atom stereocenters. The van der Waals surface area contributed by atoms with E-state index in [1.807, 2.05) is 0 Å². The van der Waals surface area contributed by atoms with Crippen LogP contribution < -0.4 is 0 Å². The topological polar surface area (TPSA) is 0 Å². The van der Waals surface area contributed by atoms with Gasteiger partial charge in [0, 0.05) is 45.2 Å². The number of aryl methyl sites for hydroxylation is 6. The van der Waals surface area contributed by atoms with E-state index >= 15 is 0 Å². The van der Waals surface area contributed by atoms with Gasteiger partial charge in [-0.3, -0.25) is 0 Å². The molecule has 6 aliphatic carbocycles. The number of rotatable bonds is 18. The molecule has 0 saturated carbocycles. The molecule has 0 fully saturated rings. The minimum atomic E-state index is -2.27. The number of hydrogen-bond acceptors (Lipinski definition) is 0. The summed E-state index contributed by atoms with van der Waals surface area (Å²) >= 11 is 0. The monoisotopic (exact) mass is 1950 g/mol. The molecular weight excluding hydrogens is 1780 g/mol. The van der Waals surface area contributed by atoms with Crippen molar-refractivity contribution in [2.75, 3.05) is 0 Å². The Hall–Kier alpha value is -8.36. The van der Waals surface area contributed by atoms with Gasteiger partial charge in [0.25, 0.3) is 0 Å². The fraction of sp³-hybridized carbons (Fsp3) is 0.507. The van der Waals surface area contributed by atoms with E-state index in [0.717, 1.165) is 38.5 Å². The number of benzene rings is 12. The molecule has 0 N–H and O–H groups in total. The summed E-state index contributed by atoms with van der Waals surface area (Å²) in [7, 11) is -13.6. The van der Waals surface area contributed by atoms with Crippen molar-refractivity contribution in [1.29, 1.82) is 0 Å². The van der Waals surface area contributed by atoms with E-state index in [-0.39, 0.29) is 11.8 Å². The Morgan fingerprint density at radius 3 is 0.371 bits per heavy atom. The third-order valence-electron chi connectivity index (χ3n) is 38.7. The summed E-state index contributed by atoms with van der Waals surface area (Å²) in [6.07, 6.45) is 13.9. The molecule has 0 atom stereocenters. The summed E-state index contributed by atoms with van der Waals surface area (Å²) in [6.45, 7) is 89.7. The van der Waals surface area contributed by atoms with Crippen LogP contribution in [0.4, 0.5) is 0 Å². The molecule has 730 valence electrons. The predicted octanol–water partition coefficient (Wildman–Crippen LogP) is 39.1. The van der Waals surface area contributed by atoms with Gasteiger partial charge in [-0.2, -0.15) is 0 Å². The van der Waals surface area contributed by atoms with Crippen molar-refractivity contribution in [3.8, 4) is 68.8 Å². The van der Waals surface area contributed by atoms with Crippen LogP contribution >= 0.6 is 0 Å². The molecule has 0 spiro atoms. The van der Waals surface area contributed by atoms with Crippen LogP contribution in [-0.2, 0) is 38.5 Å². The summed E-state index contributed by atoms with van der Waals surface area (Å²) in [5, 5.41) is 23.0. The highest BCUT2D eigenvalue weighted by molar-refractivity contribution is 6.93. The first kappa shape index (κ1) is 103. The van der Waals surface area contributed by atoms with Gasteiger partial charge < -0.3 is 0 Å². The number of hydrogen-bond donors (Lipinski definition) is 0. The average Bonchev–Trinajstić information content (AvgIpc) is 0.682. The minimum absolute atomic E-state index is 0.0977. The maximum Gasteiger partial charge on any atom is 0.146 e. The quantitative estimate of drug-likeness (QED) is 0.0456. The molecule has 0 nitrogen and oxygen atoms in total. The van der Waals surface area contributed by atoms with Gasteiger partial charge in [0.2, 0.25) is 0 Å². The van der Waals surface area contributed by atoms with Crippen LogP contribution in [0.5, 0.6) is 0 Å². The van der Waals surface area contributed by atoms with Gasteiger partial charge in [-0.05, 0) is 450 Å². The molecule has 2 bridgehead atoms. The Labute approximate surface area is 854 Å². The first-order chi connectivity index (χ1) is 66.2. The van der Waals surface area contributed by atoms with E-state index in [2.05, 4.69) is 427 Å². The largest absolute Gasteiger partial charge is 0.146 e. The van der Waals surface area contributed by atoms with E-state index in [9.17, 15) is 0 Å². The highest BCUT2D eigenvalue weighted by Gasteiger charge is 2.50. The van der Waals surface area contributed by atoms with Crippen molar-refractivity contribution in [1.82, 2.24) is 0 Å². The maximum atomic E-state index is 4.42. The lowest BCUT2D eigenvalue weighted by molar-refractivity contribution is 0.687. The fourth-order valence-corrected chi connectivity index (χ4v) is 63.0. The lowest BCUT2D eigenvalue weighted by Crippen LogP contribution is -2.43. The lowest BCUT2D eigenvalue weighted by Gasteiger charge is -2.43. The van der Waals surface area contributed by atoms with Gasteiger partial charge in [0.1, 0.15) is 48.4 Å². The van der Waals surface area contributed by atoms with Gasteiger partial charge in [-0.15, -0.1) is 33.3 Å². The third-order valence-corrected chi connectivity index (χ3v) is 76.4. The molecule has 0 saturated heterocycles. The van der Waals surface area contributed by atoms with Crippen molar-refractivity contribution < 1.29 is 0 Å². The average molecular weight is 1950 g/mol. The van der Waals surface area contributed by atoms with Gasteiger partial charge >= 0.3 is 0 Å². The zero-order valence-corrected chi connectivity index (χ0v) is 99.4. The SMILES string of the molecule is CC(C)[Si](C#Cc1c2cc3c(cc2c(C#C[Si](C(C)C)(C(C)C)C(C)C)c2cc4cc5c(cc4cc12)C1c2cc4cc6c(C#C[Si](C(C)C)(C(C)C)C(C)C)c7cc8c(cc7c(C#C[Si](C(C)C)(C(C)C)C(C)C)c6cc4cc2C5c2cc4cc5c(C#C[Si](C(C)C)(C(C)C)C(C)C)c6cc7c(cc6c(C#C[Si](C(C)C)(C(C)C)C(C)C)c5cc4cc21)CCCC7)CCCC8)CCCC3)(C(C)C)C(C)C. The minimum Gasteiger partial charge on any atom is -0.125 e. The summed E-state index contributed by atoms with van der Waals surface area (Å²) < 4.78 is 0. The lowest BCUT2D eigenvalue weighted by atomic mass is 9.60. The number of fused-ring (bicyclic) bond motifs is 12. The molecule has 0 radical (unpaired) electrons. The third kappa shape index (κ3) is 16.5. The molecule has 0 aromatic heterocycles. The highest BCUT2D eigenvalue weighted by atomic mass is 28.3. The maximum absolute atomic E-state index is 4.42. The Kier molecular flexibility index (Phi) is 28.6.